The molecule has 0 saturated carbocycles. The van der Waals surface area contributed by atoms with Crippen LogP contribution in [0.5, 0.6) is 0 Å². The number of carbonyl (C=O) groups excluding carboxylic acids is 1. The predicted molar refractivity (Wildman–Crippen MR) is 60.7 cm³/mol. The van der Waals surface area contributed by atoms with Crippen molar-refractivity contribution in [3.63, 3.8) is 0 Å². The Morgan fingerprint density at radius 2 is 1.73 bits per heavy atom. The number of hydrogen-bond donors (Lipinski definition) is 0. The first-order valence-corrected chi connectivity index (χ1v) is 5.52. The van der Waals surface area contributed by atoms with Crippen LogP contribution in [0, 0.1) is 10.8 Å². The fraction of sp³-hybridized carbons (Fsp3) is 0.917. The summed E-state index contributed by atoms with van der Waals surface area (Å²) in [5, 5.41) is 0. The van der Waals surface area contributed by atoms with Gasteiger partial charge in [0, 0.05) is 7.11 Å². The second-order valence-electron chi connectivity index (χ2n) is 4.84. The Hall–Kier alpha value is -0.570. The molecule has 0 saturated heterocycles. The van der Waals surface area contributed by atoms with Crippen LogP contribution in [0.3, 0.4) is 0 Å². The molecule has 0 aliphatic rings. The van der Waals surface area contributed by atoms with Gasteiger partial charge in [0.25, 0.3) is 0 Å². The van der Waals surface area contributed by atoms with Gasteiger partial charge >= 0.3 is 5.97 Å². The lowest BCUT2D eigenvalue weighted by Crippen LogP contribution is -2.47. The second kappa shape index (κ2) is 5.50. The third kappa shape index (κ3) is 2.94. The van der Waals surface area contributed by atoms with Crippen LogP contribution >= 0.6 is 0 Å². The number of methoxy groups -OCH3 is 1. The highest BCUT2D eigenvalue weighted by Gasteiger charge is 2.48. The first kappa shape index (κ1) is 14.4. The Balaban J connectivity index is 5.06. The highest BCUT2D eigenvalue weighted by molar-refractivity contribution is 5.78. The second-order valence-corrected chi connectivity index (χ2v) is 4.84. The standard InChI is InChI=1S/C12H24O3/c1-7-12(9-14-6,11(3,4)5)10(13)15-8-2/h7-9H2,1-6H3. The van der Waals surface area contributed by atoms with Crippen molar-refractivity contribution in [2.45, 2.75) is 41.0 Å². The van der Waals surface area contributed by atoms with E-state index in [-0.39, 0.29) is 11.4 Å². The molecule has 15 heavy (non-hydrogen) atoms. The summed E-state index contributed by atoms with van der Waals surface area (Å²) in [4.78, 5) is 12.0. The number of rotatable bonds is 5. The normalized spacial score (nSPS) is 15.9. The Morgan fingerprint density at radius 1 is 1.20 bits per heavy atom. The molecule has 0 heterocycles. The molecule has 1 unspecified atom stereocenters. The van der Waals surface area contributed by atoms with Crippen LogP contribution in [0.1, 0.15) is 41.0 Å². The lowest BCUT2D eigenvalue weighted by molar-refractivity contribution is -0.168. The largest absolute Gasteiger partial charge is 0.465 e. The van der Waals surface area contributed by atoms with E-state index in [4.69, 9.17) is 9.47 Å². The van der Waals surface area contributed by atoms with E-state index in [2.05, 4.69) is 0 Å². The summed E-state index contributed by atoms with van der Waals surface area (Å²) in [7, 11) is 1.62. The van der Waals surface area contributed by atoms with Gasteiger partial charge in [-0.15, -0.1) is 0 Å². The molecule has 0 spiro atoms. The molecule has 3 heteroatoms. The van der Waals surface area contributed by atoms with E-state index in [0.29, 0.717) is 13.2 Å². The Bertz CT molecular complexity index is 205. The minimum atomic E-state index is -0.544. The van der Waals surface area contributed by atoms with Gasteiger partial charge in [-0.2, -0.15) is 0 Å². The zero-order valence-electron chi connectivity index (χ0n) is 10.8. The van der Waals surface area contributed by atoms with Crippen molar-refractivity contribution in [3.05, 3.63) is 0 Å². The van der Waals surface area contributed by atoms with Gasteiger partial charge in [0.1, 0.15) is 0 Å². The lowest BCUT2D eigenvalue weighted by Gasteiger charge is -2.41. The average molecular weight is 216 g/mol. The van der Waals surface area contributed by atoms with Gasteiger partial charge < -0.3 is 9.47 Å². The Kier molecular flexibility index (Phi) is 5.29. The smallest absolute Gasteiger partial charge is 0.314 e. The van der Waals surface area contributed by atoms with Crippen LogP contribution in [0.2, 0.25) is 0 Å². The van der Waals surface area contributed by atoms with Crippen molar-refractivity contribution < 1.29 is 14.3 Å². The third-order valence-electron chi connectivity index (χ3n) is 3.10. The van der Waals surface area contributed by atoms with E-state index in [9.17, 15) is 4.79 Å². The summed E-state index contributed by atoms with van der Waals surface area (Å²) >= 11 is 0. The first-order valence-electron chi connectivity index (χ1n) is 5.52. The van der Waals surface area contributed by atoms with Gasteiger partial charge in [-0.05, 0) is 18.8 Å². The van der Waals surface area contributed by atoms with Crippen LogP contribution in [0.25, 0.3) is 0 Å². The quantitative estimate of drug-likeness (QED) is 0.663. The van der Waals surface area contributed by atoms with Crippen molar-refractivity contribution >= 4 is 5.97 Å². The maximum absolute atomic E-state index is 12.0. The van der Waals surface area contributed by atoms with Gasteiger partial charge in [0.05, 0.1) is 18.6 Å². The topological polar surface area (TPSA) is 35.5 Å². The van der Waals surface area contributed by atoms with Crippen molar-refractivity contribution in [1.82, 2.24) is 0 Å². The number of ether oxygens (including phenoxy) is 2. The predicted octanol–water partition coefficient (Wildman–Crippen LogP) is 2.64. The van der Waals surface area contributed by atoms with E-state index >= 15 is 0 Å². The molecule has 0 aliphatic carbocycles. The molecule has 0 rings (SSSR count). The fourth-order valence-corrected chi connectivity index (χ4v) is 1.87. The summed E-state index contributed by atoms with van der Waals surface area (Å²) in [6.07, 6.45) is 0.725. The maximum Gasteiger partial charge on any atom is 0.314 e. The van der Waals surface area contributed by atoms with Crippen LogP contribution in [-0.4, -0.2) is 26.3 Å². The lowest BCUT2D eigenvalue weighted by atomic mass is 9.65. The van der Waals surface area contributed by atoms with Crippen LogP contribution in [0.4, 0.5) is 0 Å². The highest BCUT2D eigenvalue weighted by atomic mass is 16.5. The molecule has 0 bridgehead atoms. The van der Waals surface area contributed by atoms with Gasteiger partial charge in [0.2, 0.25) is 0 Å². The van der Waals surface area contributed by atoms with Crippen molar-refractivity contribution in [3.8, 4) is 0 Å². The van der Waals surface area contributed by atoms with Gasteiger partial charge in [-0.1, -0.05) is 27.7 Å². The highest BCUT2D eigenvalue weighted by Crippen LogP contribution is 2.42. The van der Waals surface area contributed by atoms with Crippen molar-refractivity contribution in [2.75, 3.05) is 20.3 Å². The van der Waals surface area contributed by atoms with Crippen LogP contribution < -0.4 is 0 Å². The summed E-state index contributed by atoms with van der Waals surface area (Å²) < 4.78 is 10.3. The van der Waals surface area contributed by atoms with E-state index in [0.717, 1.165) is 6.42 Å². The number of hydrogen-bond acceptors (Lipinski definition) is 3. The summed E-state index contributed by atoms with van der Waals surface area (Å²) in [5.74, 6) is -0.151. The summed E-state index contributed by atoms with van der Waals surface area (Å²) in [5.41, 5.74) is -0.707. The minimum Gasteiger partial charge on any atom is -0.465 e. The van der Waals surface area contributed by atoms with Gasteiger partial charge in [-0.3, -0.25) is 4.79 Å². The molecule has 90 valence electrons. The first-order chi connectivity index (χ1) is 6.85. The summed E-state index contributed by atoms with van der Waals surface area (Å²) in [6.45, 7) is 10.8. The van der Waals surface area contributed by atoms with E-state index in [1.165, 1.54) is 0 Å². The van der Waals surface area contributed by atoms with Crippen LogP contribution in [-0.2, 0) is 14.3 Å². The molecule has 0 aromatic rings. The molecule has 0 radical (unpaired) electrons. The number of esters is 1. The molecular weight excluding hydrogens is 192 g/mol. The molecule has 1 atom stereocenters. The monoisotopic (exact) mass is 216 g/mol. The third-order valence-corrected chi connectivity index (χ3v) is 3.10. The Morgan fingerprint density at radius 3 is 2.00 bits per heavy atom. The summed E-state index contributed by atoms with van der Waals surface area (Å²) in [6, 6.07) is 0. The zero-order valence-corrected chi connectivity index (χ0v) is 10.8. The van der Waals surface area contributed by atoms with Crippen molar-refractivity contribution in [1.29, 1.82) is 0 Å². The fourth-order valence-electron chi connectivity index (χ4n) is 1.87. The van der Waals surface area contributed by atoms with Crippen LogP contribution in [0.15, 0.2) is 0 Å². The van der Waals surface area contributed by atoms with E-state index in [1.807, 2.05) is 34.6 Å². The molecule has 0 aliphatic heterocycles. The van der Waals surface area contributed by atoms with Gasteiger partial charge in [0.15, 0.2) is 0 Å². The Labute approximate surface area is 93.1 Å². The molecule has 0 amide bonds. The SMILES string of the molecule is CCOC(=O)C(CC)(COC)C(C)(C)C. The molecule has 3 nitrogen and oxygen atoms in total. The maximum atomic E-state index is 12.0. The average Bonchev–Trinajstić information content (AvgIpc) is 2.12. The number of carbonyl (C=O) groups is 1. The van der Waals surface area contributed by atoms with E-state index < -0.39 is 5.41 Å². The molecule has 0 aromatic carbocycles. The molecule has 0 aromatic heterocycles. The molecule has 0 N–H and O–H groups in total. The van der Waals surface area contributed by atoms with E-state index in [1.54, 1.807) is 7.11 Å². The molecular formula is C12H24O3. The molecule has 0 fully saturated rings. The minimum absolute atomic E-state index is 0.151. The van der Waals surface area contributed by atoms with Crippen molar-refractivity contribution in [2.24, 2.45) is 10.8 Å². The van der Waals surface area contributed by atoms with Gasteiger partial charge in [-0.25, -0.2) is 0 Å². The zero-order chi connectivity index (χ0) is 12.1.